The van der Waals surface area contributed by atoms with Gasteiger partial charge in [0.25, 0.3) is 0 Å². The van der Waals surface area contributed by atoms with Crippen LogP contribution in [0.25, 0.3) is 0 Å². The highest BCUT2D eigenvalue weighted by atomic mass is 16.5. The second-order valence-electron chi connectivity index (χ2n) is 7.19. The van der Waals surface area contributed by atoms with Gasteiger partial charge < -0.3 is 20.5 Å². The van der Waals surface area contributed by atoms with Crippen LogP contribution in [-0.2, 0) is 0 Å². The fraction of sp³-hybridized carbons (Fsp3) is 0.611. The van der Waals surface area contributed by atoms with E-state index in [2.05, 4.69) is 10.3 Å². The quantitative estimate of drug-likeness (QED) is 0.664. The molecule has 2 saturated carbocycles. The van der Waals surface area contributed by atoms with Crippen molar-refractivity contribution >= 4 is 11.6 Å². The van der Waals surface area contributed by atoms with Crippen molar-refractivity contribution in [2.75, 3.05) is 25.1 Å². The maximum Gasteiger partial charge on any atom is 0.193 e. The summed E-state index contributed by atoms with van der Waals surface area (Å²) in [5.41, 5.74) is 7.41. The lowest BCUT2D eigenvalue weighted by Gasteiger charge is -2.24. The van der Waals surface area contributed by atoms with Gasteiger partial charge in [-0.2, -0.15) is 0 Å². The summed E-state index contributed by atoms with van der Waals surface area (Å²) in [6, 6.07) is 5.81. The number of anilines is 1. The molecule has 2 fully saturated rings. The molecule has 0 saturated heterocycles. The number of nitrogens with one attached hydrogen (secondary N) is 1. The number of benzene rings is 1. The van der Waals surface area contributed by atoms with E-state index >= 15 is 0 Å². The minimum absolute atomic E-state index is 0.432. The van der Waals surface area contributed by atoms with Gasteiger partial charge >= 0.3 is 0 Å². The SMILES string of the molecule is NC(=NCC12CCC(CC1)C2)Nc1ccc2c(c1)OCCCO2. The molecule has 5 heteroatoms. The Balaban J connectivity index is 1.41. The van der Waals surface area contributed by atoms with E-state index in [0.29, 0.717) is 24.6 Å². The highest BCUT2D eigenvalue weighted by Gasteiger charge is 2.44. The smallest absolute Gasteiger partial charge is 0.193 e. The number of rotatable bonds is 3. The molecule has 1 aromatic carbocycles. The Morgan fingerprint density at radius 2 is 2.00 bits per heavy atom. The van der Waals surface area contributed by atoms with Crippen molar-refractivity contribution in [3.8, 4) is 11.5 Å². The van der Waals surface area contributed by atoms with E-state index in [1.165, 1.54) is 32.1 Å². The number of nitrogens with two attached hydrogens (primary N) is 1. The van der Waals surface area contributed by atoms with Crippen LogP contribution in [0.4, 0.5) is 5.69 Å². The molecule has 1 aliphatic heterocycles. The fourth-order valence-electron chi connectivity index (χ4n) is 4.21. The van der Waals surface area contributed by atoms with Crippen molar-refractivity contribution in [3.63, 3.8) is 0 Å². The van der Waals surface area contributed by atoms with Gasteiger partial charge in [-0.3, -0.25) is 4.99 Å². The zero-order valence-corrected chi connectivity index (χ0v) is 13.5. The average Bonchev–Trinajstić information content (AvgIpc) is 3.07. The largest absolute Gasteiger partial charge is 0.490 e. The van der Waals surface area contributed by atoms with E-state index in [0.717, 1.165) is 36.1 Å². The molecule has 0 spiro atoms. The molecular formula is C18H25N3O2. The lowest BCUT2D eigenvalue weighted by atomic mass is 9.84. The molecule has 0 unspecified atom stereocenters. The van der Waals surface area contributed by atoms with Crippen molar-refractivity contribution < 1.29 is 9.47 Å². The van der Waals surface area contributed by atoms with Crippen molar-refractivity contribution in [2.24, 2.45) is 22.1 Å². The second-order valence-corrected chi connectivity index (χ2v) is 7.19. The maximum absolute atomic E-state index is 6.08. The Bertz CT molecular complexity index is 606. The molecular weight excluding hydrogens is 290 g/mol. The van der Waals surface area contributed by atoms with Gasteiger partial charge in [0.15, 0.2) is 17.5 Å². The summed E-state index contributed by atoms with van der Waals surface area (Å²) in [6.07, 6.45) is 7.64. The van der Waals surface area contributed by atoms with E-state index < -0.39 is 0 Å². The van der Waals surface area contributed by atoms with Gasteiger partial charge in [-0.15, -0.1) is 0 Å². The Kier molecular flexibility index (Phi) is 3.79. The van der Waals surface area contributed by atoms with Crippen LogP contribution in [0.3, 0.4) is 0 Å². The van der Waals surface area contributed by atoms with Crippen molar-refractivity contribution in [3.05, 3.63) is 18.2 Å². The lowest BCUT2D eigenvalue weighted by molar-refractivity contribution is 0.297. The average molecular weight is 315 g/mol. The Morgan fingerprint density at radius 1 is 1.22 bits per heavy atom. The topological polar surface area (TPSA) is 68.9 Å². The molecule has 124 valence electrons. The van der Waals surface area contributed by atoms with Crippen LogP contribution in [0.5, 0.6) is 11.5 Å². The van der Waals surface area contributed by atoms with Gasteiger partial charge in [0, 0.05) is 24.7 Å². The zero-order valence-electron chi connectivity index (χ0n) is 13.5. The molecule has 4 rings (SSSR count). The summed E-state index contributed by atoms with van der Waals surface area (Å²) >= 11 is 0. The molecule has 3 N–H and O–H groups in total. The van der Waals surface area contributed by atoms with Crippen molar-refractivity contribution in [2.45, 2.75) is 38.5 Å². The van der Waals surface area contributed by atoms with Crippen molar-refractivity contribution in [1.82, 2.24) is 0 Å². The van der Waals surface area contributed by atoms with Gasteiger partial charge in [-0.1, -0.05) is 0 Å². The highest BCUT2D eigenvalue weighted by molar-refractivity contribution is 5.92. The third-order valence-electron chi connectivity index (χ3n) is 5.49. The summed E-state index contributed by atoms with van der Waals surface area (Å²) in [7, 11) is 0. The summed E-state index contributed by atoms with van der Waals surface area (Å²) in [5.74, 6) is 3.00. The van der Waals surface area contributed by atoms with Crippen LogP contribution >= 0.6 is 0 Å². The first-order chi connectivity index (χ1) is 11.2. The minimum atomic E-state index is 0.432. The molecule has 0 aromatic heterocycles. The van der Waals surface area contributed by atoms with Gasteiger partial charge in [0.1, 0.15) is 0 Å². The zero-order chi connectivity index (χ0) is 15.7. The number of aliphatic imine (C=N–C) groups is 1. The molecule has 1 aromatic rings. The summed E-state index contributed by atoms with van der Waals surface area (Å²) in [6.45, 7) is 2.24. The third-order valence-corrected chi connectivity index (χ3v) is 5.49. The molecule has 5 nitrogen and oxygen atoms in total. The monoisotopic (exact) mass is 315 g/mol. The Morgan fingerprint density at radius 3 is 2.74 bits per heavy atom. The van der Waals surface area contributed by atoms with Gasteiger partial charge in [-0.25, -0.2) is 0 Å². The first-order valence-electron chi connectivity index (χ1n) is 8.69. The Labute approximate surface area is 137 Å². The Hall–Kier alpha value is -1.91. The molecule has 1 heterocycles. The molecule has 0 radical (unpaired) electrons. The van der Waals surface area contributed by atoms with Crippen LogP contribution in [-0.4, -0.2) is 25.7 Å². The molecule has 3 aliphatic rings. The van der Waals surface area contributed by atoms with Gasteiger partial charge in [-0.05, 0) is 55.6 Å². The van der Waals surface area contributed by atoms with E-state index in [4.69, 9.17) is 15.2 Å². The number of ether oxygens (including phenoxy) is 2. The maximum atomic E-state index is 6.08. The second kappa shape index (κ2) is 5.95. The number of guanidine groups is 1. The van der Waals surface area contributed by atoms with Gasteiger partial charge in [0.2, 0.25) is 0 Å². The fourth-order valence-corrected chi connectivity index (χ4v) is 4.21. The predicted molar refractivity (Wildman–Crippen MR) is 91.2 cm³/mol. The minimum Gasteiger partial charge on any atom is -0.490 e. The number of hydrogen-bond donors (Lipinski definition) is 2. The highest BCUT2D eigenvalue weighted by Crippen LogP contribution is 2.54. The van der Waals surface area contributed by atoms with Crippen LogP contribution in [0, 0.1) is 11.3 Å². The number of nitrogens with zero attached hydrogens (tertiary/aromatic N) is 1. The first-order valence-corrected chi connectivity index (χ1v) is 8.69. The summed E-state index contributed by atoms with van der Waals surface area (Å²) < 4.78 is 11.3. The molecule has 23 heavy (non-hydrogen) atoms. The first kappa shape index (κ1) is 14.7. The normalized spacial score (nSPS) is 29.4. The molecule has 2 aliphatic carbocycles. The lowest BCUT2D eigenvalue weighted by Crippen LogP contribution is -2.26. The van der Waals surface area contributed by atoms with Crippen LogP contribution < -0.4 is 20.5 Å². The summed E-state index contributed by atoms with van der Waals surface area (Å²) in [5, 5.41) is 3.18. The van der Waals surface area contributed by atoms with Gasteiger partial charge in [0.05, 0.1) is 13.2 Å². The predicted octanol–water partition coefficient (Wildman–Crippen LogP) is 3.15. The van der Waals surface area contributed by atoms with E-state index in [9.17, 15) is 0 Å². The van der Waals surface area contributed by atoms with E-state index in [1.54, 1.807) is 0 Å². The van der Waals surface area contributed by atoms with Crippen LogP contribution in [0.2, 0.25) is 0 Å². The van der Waals surface area contributed by atoms with E-state index in [1.807, 2.05) is 18.2 Å². The molecule has 0 amide bonds. The van der Waals surface area contributed by atoms with Crippen LogP contribution in [0.15, 0.2) is 23.2 Å². The third kappa shape index (κ3) is 3.09. The van der Waals surface area contributed by atoms with Crippen LogP contribution in [0.1, 0.15) is 38.5 Å². The molecule has 2 bridgehead atoms. The summed E-state index contributed by atoms with van der Waals surface area (Å²) in [4.78, 5) is 4.61. The van der Waals surface area contributed by atoms with Crippen molar-refractivity contribution in [1.29, 1.82) is 0 Å². The van der Waals surface area contributed by atoms with E-state index in [-0.39, 0.29) is 0 Å². The standard InChI is InChI=1S/C18H25N3O2/c19-17(20-12-18-6-4-13(11-18)5-7-18)21-14-2-3-15-16(10-14)23-9-1-8-22-15/h2-3,10,13H,1,4-9,11-12H2,(H3,19,20,21). The number of fused-ring (bicyclic) bond motifs is 3. The number of hydrogen-bond acceptors (Lipinski definition) is 3. The molecule has 0 atom stereocenters.